The Morgan fingerprint density at radius 1 is 1.47 bits per heavy atom. The Bertz CT molecular complexity index is 307. The summed E-state index contributed by atoms with van der Waals surface area (Å²) >= 11 is 0. The molecule has 15 heavy (non-hydrogen) atoms. The molecule has 82 valence electrons. The fourth-order valence-corrected chi connectivity index (χ4v) is 1.88. The van der Waals surface area contributed by atoms with Crippen molar-refractivity contribution in [2.45, 2.75) is 32.2 Å². The standard InChI is InChI=1S/C11H18N4/c1-9-6-11(15-8-14-9)13-7-10-4-2-3-5-12-10/h6,8,10,12H,2-5,7H2,1H3,(H,13,14,15). The number of nitrogens with zero attached hydrogens (tertiary/aromatic N) is 2. The first kappa shape index (κ1) is 10.4. The summed E-state index contributed by atoms with van der Waals surface area (Å²) in [5, 5.41) is 6.84. The SMILES string of the molecule is Cc1cc(NCC2CCCCN2)ncn1. The molecule has 0 amide bonds. The van der Waals surface area contributed by atoms with Crippen molar-refractivity contribution < 1.29 is 0 Å². The molecule has 4 nitrogen and oxygen atoms in total. The largest absolute Gasteiger partial charge is 0.368 e. The molecule has 0 spiro atoms. The number of aromatic nitrogens is 2. The van der Waals surface area contributed by atoms with Crippen LogP contribution in [0, 0.1) is 6.92 Å². The van der Waals surface area contributed by atoms with Gasteiger partial charge in [0.05, 0.1) is 0 Å². The third-order valence-corrected chi connectivity index (χ3v) is 2.75. The third kappa shape index (κ3) is 3.16. The van der Waals surface area contributed by atoms with E-state index >= 15 is 0 Å². The second-order valence-electron chi connectivity index (χ2n) is 4.07. The second-order valence-corrected chi connectivity index (χ2v) is 4.07. The van der Waals surface area contributed by atoms with Gasteiger partial charge in [-0.2, -0.15) is 0 Å². The van der Waals surface area contributed by atoms with Crippen LogP contribution >= 0.6 is 0 Å². The van der Waals surface area contributed by atoms with Gasteiger partial charge in [0.1, 0.15) is 12.1 Å². The molecule has 0 bridgehead atoms. The molecular formula is C11H18N4. The smallest absolute Gasteiger partial charge is 0.129 e. The minimum absolute atomic E-state index is 0.592. The molecule has 2 N–H and O–H groups in total. The van der Waals surface area contributed by atoms with Crippen molar-refractivity contribution in [1.29, 1.82) is 0 Å². The second kappa shape index (κ2) is 5.07. The van der Waals surface area contributed by atoms with Gasteiger partial charge >= 0.3 is 0 Å². The van der Waals surface area contributed by atoms with Crippen molar-refractivity contribution in [3.8, 4) is 0 Å². The van der Waals surface area contributed by atoms with Crippen molar-refractivity contribution in [2.75, 3.05) is 18.4 Å². The average Bonchev–Trinajstić information content (AvgIpc) is 2.28. The van der Waals surface area contributed by atoms with Crippen molar-refractivity contribution in [2.24, 2.45) is 0 Å². The normalized spacial score (nSPS) is 21.3. The van der Waals surface area contributed by atoms with E-state index in [4.69, 9.17) is 0 Å². The number of aryl methyl sites for hydroxylation is 1. The summed E-state index contributed by atoms with van der Waals surface area (Å²) in [5.74, 6) is 0.926. The zero-order valence-electron chi connectivity index (χ0n) is 9.16. The highest BCUT2D eigenvalue weighted by molar-refractivity contribution is 5.34. The summed E-state index contributed by atoms with van der Waals surface area (Å²) in [7, 11) is 0. The number of hydrogen-bond acceptors (Lipinski definition) is 4. The molecule has 1 saturated heterocycles. The van der Waals surface area contributed by atoms with Gasteiger partial charge in [-0.3, -0.25) is 0 Å². The molecule has 1 aromatic heterocycles. The van der Waals surface area contributed by atoms with Crippen molar-refractivity contribution in [1.82, 2.24) is 15.3 Å². The minimum atomic E-state index is 0.592. The number of nitrogens with one attached hydrogen (secondary N) is 2. The maximum absolute atomic E-state index is 4.17. The summed E-state index contributed by atoms with van der Waals surface area (Å²) in [4.78, 5) is 8.24. The van der Waals surface area contributed by atoms with Gasteiger partial charge in [0, 0.05) is 24.3 Å². The Hall–Kier alpha value is -1.16. The van der Waals surface area contributed by atoms with Gasteiger partial charge in [-0.25, -0.2) is 9.97 Å². The number of hydrogen-bond donors (Lipinski definition) is 2. The van der Waals surface area contributed by atoms with Crippen LogP contribution in [0.15, 0.2) is 12.4 Å². The molecule has 1 atom stereocenters. The van der Waals surface area contributed by atoms with Gasteiger partial charge in [0.2, 0.25) is 0 Å². The monoisotopic (exact) mass is 206 g/mol. The Labute approximate surface area is 90.5 Å². The number of piperidine rings is 1. The summed E-state index contributed by atoms with van der Waals surface area (Å²) in [6, 6.07) is 2.57. The van der Waals surface area contributed by atoms with E-state index in [1.165, 1.54) is 19.3 Å². The third-order valence-electron chi connectivity index (χ3n) is 2.75. The van der Waals surface area contributed by atoms with Crippen LogP contribution in [0.5, 0.6) is 0 Å². The Morgan fingerprint density at radius 3 is 3.13 bits per heavy atom. The van der Waals surface area contributed by atoms with Crippen LogP contribution in [0.25, 0.3) is 0 Å². The molecule has 1 aliphatic heterocycles. The van der Waals surface area contributed by atoms with E-state index in [1.54, 1.807) is 6.33 Å². The lowest BCUT2D eigenvalue weighted by Crippen LogP contribution is -2.39. The van der Waals surface area contributed by atoms with Crippen LogP contribution in [0.4, 0.5) is 5.82 Å². The fourth-order valence-electron chi connectivity index (χ4n) is 1.88. The lowest BCUT2D eigenvalue weighted by atomic mass is 10.1. The molecule has 0 aliphatic carbocycles. The van der Waals surface area contributed by atoms with Gasteiger partial charge < -0.3 is 10.6 Å². The maximum atomic E-state index is 4.17. The first-order valence-electron chi connectivity index (χ1n) is 5.60. The maximum Gasteiger partial charge on any atom is 0.129 e. The van der Waals surface area contributed by atoms with E-state index in [1.807, 2.05) is 13.0 Å². The molecule has 2 rings (SSSR count). The Morgan fingerprint density at radius 2 is 2.40 bits per heavy atom. The highest BCUT2D eigenvalue weighted by Crippen LogP contribution is 2.08. The first-order chi connectivity index (χ1) is 7.34. The zero-order valence-corrected chi connectivity index (χ0v) is 9.16. The van der Waals surface area contributed by atoms with Crippen LogP contribution in [-0.4, -0.2) is 29.1 Å². The quantitative estimate of drug-likeness (QED) is 0.783. The molecule has 0 saturated carbocycles. The minimum Gasteiger partial charge on any atom is -0.368 e. The zero-order chi connectivity index (χ0) is 10.5. The van der Waals surface area contributed by atoms with E-state index in [0.717, 1.165) is 24.6 Å². The van der Waals surface area contributed by atoms with Crippen LogP contribution in [0.1, 0.15) is 25.0 Å². The van der Waals surface area contributed by atoms with E-state index in [-0.39, 0.29) is 0 Å². The van der Waals surface area contributed by atoms with Crippen molar-refractivity contribution in [3.05, 3.63) is 18.1 Å². The van der Waals surface area contributed by atoms with E-state index in [2.05, 4.69) is 20.6 Å². The van der Waals surface area contributed by atoms with Gasteiger partial charge in [-0.1, -0.05) is 6.42 Å². The van der Waals surface area contributed by atoms with Gasteiger partial charge in [0.15, 0.2) is 0 Å². The molecule has 0 aromatic carbocycles. The van der Waals surface area contributed by atoms with Crippen LogP contribution < -0.4 is 10.6 Å². The molecule has 0 radical (unpaired) electrons. The summed E-state index contributed by atoms with van der Waals surface area (Å²) in [5.41, 5.74) is 1.00. The van der Waals surface area contributed by atoms with Gasteiger partial charge in [0.25, 0.3) is 0 Å². The summed E-state index contributed by atoms with van der Waals surface area (Å²) in [6.45, 7) is 4.08. The highest BCUT2D eigenvalue weighted by Gasteiger charge is 2.11. The lowest BCUT2D eigenvalue weighted by Gasteiger charge is -2.23. The Kier molecular flexibility index (Phi) is 3.50. The molecule has 1 aromatic rings. The van der Waals surface area contributed by atoms with E-state index < -0.39 is 0 Å². The van der Waals surface area contributed by atoms with E-state index in [9.17, 15) is 0 Å². The first-order valence-corrected chi connectivity index (χ1v) is 5.60. The lowest BCUT2D eigenvalue weighted by molar-refractivity contribution is 0.414. The van der Waals surface area contributed by atoms with Crippen molar-refractivity contribution in [3.63, 3.8) is 0 Å². The number of rotatable bonds is 3. The van der Waals surface area contributed by atoms with Gasteiger partial charge in [-0.05, 0) is 26.3 Å². The van der Waals surface area contributed by atoms with Gasteiger partial charge in [-0.15, -0.1) is 0 Å². The van der Waals surface area contributed by atoms with Crippen LogP contribution in [-0.2, 0) is 0 Å². The Balaban J connectivity index is 1.81. The average molecular weight is 206 g/mol. The van der Waals surface area contributed by atoms with Crippen LogP contribution in [0.3, 0.4) is 0 Å². The molecule has 2 heterocycles. The topological polar surface area (TPSA) is 49.8 Å². The summed E-state index contributed by atoms with van der Waals surface area (Å²) < 4.78 is 0. The molecule has 1 unspecified atom stereocenters. The summed E-state index contributed by atoms with van der Waals surface area (Å²) in [6.07, 6.45) is 5.51. The van der Waals surface area contributed by atoms with E-state index in [0.29, 0.717) is 6.04 Å². The number of anilines is 1. The predicted molar refractivity (Wildman–Crippen MR) is 60.9 cm³/mol. The molecular weight excluding hydrogens is 188 g/mol. The van der Waals surface area contributed by atoms with Crippen molar-refractivity contribution >= 4 is 5.82 Å². The fraction of sp³-hybridized carbons (Fsp3) is 0.636. The molecule has 4 heteroatoms. The highest BCUT2D eigenvalue weighted by atomic mass is 15.0. The molecule has 1 aliphatic rings. The molecule has 1 fully saturated rings. The predicted octanol–water partition coefficient (Wildman–Crippen LogP) is 1.34. The van der Waals surface area contributed by atoms with Crippen LogP contribution in [0.2, 0.25) is 0 Å².